The number of amides is 1. The van der Waals surface area contributed by atoms with Gasteiger partial charge in [-0.2, -0.15) is 0 Å². The van der Waals surface area contributed by atoms with E-state index in [1.807, 2.05) is 18.2 Å². The van der Waals surface area contributed by atoms with Crippen LogP contribution in [0.1, 0.15) is 51.1 Å². The van der Waals surface area contributed by atoms with Gasteiger partial charge < -0.3 is 10.4 Å². The van der Waals surface area contributed by atoms with E-state index in [1.54, 1.807) is 0 Å². The van der Waals surface area contributed by atoms with E-state index < -0.39 is 5.97 Å². The number of aliphatic carboxylic acids is 1. The van der Waals surface area contributed by atoms with E-state index in [1.165, 1.54) is 0 Å². The van der Waals surface area contributed by atoms with E-state index in [4.69, 9.17) is 5.11 Å². The number of nitrogens with zero attached hydrogens (tertiary/aromatic N) is 1. The molecule has 1 aromatic rings. The number of nitrogens with one attached hydrogen (secondary N) is 1. The van der Waals surface area contributed by atoms with Gasteiger partial charge in [0.25, 0.3) is 0 Å². The van der Waals surface area contributed by atoms with Crippen LogP contribution in [0, 0.1) is 11.8 Å². The molecule has 0 aromatic heterocycles. The summed E-state index contributed by atoms with van der Waals surface area (Å²) in [6, 6.07) is 10.1. The number of benzene rings is 1. The molecule has 1 aliphatic heterocycles. The molecule has 2 N–H and O–H groups in total. The van der Waals surface area contributed by atoms with E-state index in [-0.39, 0.29) is 24.3 Å². The van der Waals surface area contributed by atoms with Crippen LogP contribution in [0.25, 0.3) is 0 Å². The molecule has 0 saturated carbocycles. The first-order valence-electron chi connectivity index (χ1n) is 9.22. The zero-order valence-corrected chi connectivity index (χ0v) is 15.3. The number of hydrogen-bond donors (Lipinski definition) is 2. The zero-order valence-electron chi connectivity index (χ0n) is 15.3. The van der Waals surface area contributed by atoms with E-state index in [0.717, 1.165) is 31.4 Å². The fraction of sp³-hybridized carbons (Fsp3) is 0.600. The van der Waals surface area contributed by atoms with Crippen LogP contribution in [0.3, 0.4) is 0 Å². The highest BCUT2D eigenvalue weighted by Gasteiger charge is 2.24. The van der Waals surface area contributed by atoms with Crippen molar-refractivity contribution in [2.24, 2.45) is 11.8 Å². The molecule has 138 valence electrons. The largest absolute Gasteiger partial charge is 0.481 e. The van der Waals surface area contributed by atoms with E-state index >= 15 is 0 Å². The minimum absolute atomic E-state index is 0.0190. The molecule has 1 aliphatic rings. The average Bonchev–Trinajstić information content (AvgIpc) is 2.54. The average molecular weight is 346 g/mol. The Hall–Kier alpha value is -1.88. The number of likely N-dealkylation sites (tertiary alicyclic amines) is 1. The summed E-state index contributed by atoms with van der Waals surface area (Å²) in [5.74, 6) is -0.0945. The first-order chi connectivity index (χ1) is 11.9. The lowest BCUT2D eigenvalue weighted by atomic mass is 9.94. The van der Waals surface area contributed by atoms with Gasteiger partial charge in [0.1, 0.15) is 0 Å². The van der Waals surface area contributed by atoms with E-state index in [9.17, 15) is 9.59 Å². The first kappa shape index (κ1) is 19.4. The molecule has 5 nitrogen and oxygen atoms in total. The van der Waals surface area contributed by atoms with Crippen LogP contribution in [0.5, 0.6) is 0 Å². The Kier molecular flexibility index (Phi) is 7.44. The SMILES string of the molecule is CC(C)C[C@H](NC(=O)CN1CCC[C@H](CC(=O)O)C1)c1ccccc1. The smallest absolute Gasteiger partial charge is 0.303 e. The molecule has 2 atom stereocenters. The summed E-state index contributed by atoms with van der Waals surface area (Å²) in [4.78, 5) is 25.5. The topological polar surface area (TPSA) is 69.6 Å². The van der Waals surface area contributed by atoms with Gasteiger partial charge in [-0.1, -0.05) is 44.2 Å². The molecule has 25 heavy (non-hydrogen) atoms. The number of hydrogen-bond acceptors (Lipinski definition) is 3. The molecule has 0 bridgehead atoms. The monoisotopic (exact) mass is 346 g/mol. The van der Waals surface area contributed by atoms with E-state index in [2.05, 4.69) is 36.2 Å². The summed E-state index contributed by atoms with van der Waals surface area (Å²) in [6.07, 6.45) is 2.99. The number of carbonyl (C=O) groups excluding carboxylic acids is 1. The van der Waals surface area contributed by atoms with Crippen molar-refractivity contribution in [3.8, 4) is 0 Å². The fourth-order valence-corrected chi connectivity index (χ4v) is 3.59. The van der Waals surface area contributed by atoms with Crippen LogP contribution in [-0.4, -0.2) is 41.5 Å². The van der Waals surface area contributed by atoms with Crippen LogP contribution in [-0.2, 0) is 9.59 Å². The Morgan fingerprint density at radius 3 is 2.64 bits per heavy atom. The number of carboxylic acid groups (broad SMARTS) is 1. The molecule has 1 amide bonds. The van der Waals surface area contributed by atoms with Crippen molar-refractivity contribution in [2.75, 3.05) is 19.6 Å². The van der Waals surface area contributed by atoms with Gasteiger partial charge in [-0.25, -0.2) is 0 Å². The molecule has 0 unspecified atom stereocenters. The highest BCUT2D eigenvalue weighted by Crippen LogP contribution is 2.22. The van der Waals surface area contributed by atoms with Crippen molar-refractivity contribution in [1.29, 1.82) is 0 Å². The Balaban J connectivity index is 1.91. The number of rotatable bonds is 8. The second kappa shape index (κ2) is 9.56. The third-order valence-electron chi connectivity index (χ3n) is 4.68. The second-order valence-electron chi connectivity index (χ2n) is 7.50. The van der Waals surface area contributed by atoms with Gasteiger partial charge in [-0.3, -0.25) is 14.5 Å². The predicted octanol–water partition coefficient (Wildman–Crippen LogP) is 3.08. The highest BCUT2D eigenvalue weighted by atomic mass is 16.4. The molecule has 0 spiro atoms. The number of piperidine rings is 1. The maximum Gasteiger partial charge on any atom is 0.303 e. The lowest BCUT2D eigenvalue weighted by molar-refractivity contribution is -0.138. The minimum Gasteiger partial charge on any atom is -0.481 e. The number of carboxylic acids is 1. The predicted molar refractivity (Wildman–Crippen MR) is 98.2 cm³/mol. The van der Waals surface area contributed by atoms with Gasteiger partial charge in [0, 0.05) is 13.0 Å². The maximum absolute atomic E-state index is 12.5. The van der Waals surface area contributed by atoms with Crippen molar-refractivity contribution < 1.29 is 14.7 Å². The Labute approximate surface area is 150 Å². The van der Waals surface area contributed by atoms with Gasteiger partial charge >= 0.3 is 5.97 Å². The molecule has 1 heterocycles. The van der Waals surface area contributed by atoms with Crippen molar-refractivity contribution in [2.45, 2.75) is 45.6 Å². The molecular formula is C20H30N2O3. The summed E-state index contributed by atoms with van der Waals surface area (Å²) in [6.45, 7) is 6.22. The molecule has 0 radical (unpaired) electrons. The normalized spacial score (nSPS) is 19.6. The molecular weight excluding hydrogens is 316 g/mol. The quantitative estimate of drug-likeness (QED) is 0.759. The summed E-state index contributed by atoms with van der Waals surface area (Å²) >= 11 is 0. The Bertz CT molecular complexity index is 559. The van der Waals surface area contributed by atoms with Gasteiger partial charge in [0.05, 0.1) is 12.6 Å². The van der Waals surface area contributed by atoms with Gasteiger partial charge in [0.2, 0.25) is 5.91 Å². The van der Waals surface area contributed by atoms with E-state index in [0.29, 0.717) is 19.0 Å². The molecule has 2 rings (SSSR count). The van der Waals surface area contributed by atoms with Crippen LogP contribution in [0.15, 0.2) is 30.3 Å². The lowest BCUT2D eigenvalue weighted by Gasteiger charge is -2.32. The van der Waals surface area contributed by atoms with Crippen LogP contribution < -0.4 is 5.32 Å². The van der Waals surface area contributed by atoms with Crippen molar-refractivity contribution in [3.05, 3.63) is 35.9 Å². The second-order valence-corrected chi connectivity index (χ2v) is 7.50. The molecule has 0 aliphatic carbocycles. The van der Waals surface area contributed by atoms with Gasteiger partial charge in [0.15, 0.2) is 0 Å². The van der Waals surface area contributed by atoms with Crippen LogP contribution in [0.2, 0.25) is 0 Å². The Morgan fingerprint density at radius 2 is 2.00 bits per heavy atom. The maximum atomic E-state index is 12.5. The zero-order chi connectivity index (χ0) is 18.2. The number of carbonyl (C=O) groups is 2. The standard InChI is InChI=1S/C20H30N2O3/c1-15(2)11-18(17-8-4-3-5-9-17)21-19(23)14-22-10-6-7-16(13-22)12-20(24)25/h3-5,8-9,15-16,18H,6-7,10-14H2,1-2H3,(H,21,23)(H,24,25)/t16-,18+/m1/s1. The molecule has 1 aromatic carbocycles. The molecule has 1 fully saturated rings. The molecule has 1 saturated heterocycles. The molecule has 5 heteroatoms. The van der Waals surface area contributed by atoms with Crippen molar-refractivity contribution in [1.82, 2.24) is 10.2 Å². The van der Waals surface area contributed by atoms with Gasteiger partial charge in [-0.15, -0.1) is 0 Å². The first-order valence-corrected chi connectivity index (χ1v) is 9.22. The summed E-state index contributed by atoms with van der Waals surface area (Å²) in [5.41, 5.74) is 1.13. The Morgan fingerprint density at radius 1 is 1.28 bits per heavy atom. The summed E-state index contributed by atoms with van der Waals surface area (Å²) in [5, 5.41) is 12.1. The summed E-state index contributed by atoms with van der Waals surface area (Å²) in [7, 11) is 0. The third-order valence-corrected chi connectivity index (χ3v) is 4.68. The third kappa shape index (κ3) is 6.86. The van der Waals surface area contributed by atoms with Crippen LogP contribution in [0.4, 0.5) is 0 Å². The van der Waals surface area contributed by atoms with Crippen molar-refractivity contribution in [3.63, 3.8) is 0 Å². The van der Waals surface area contributed by atoms with Crippen molar-refractivity contribution >= 4 is 11.9 Å². The minimum atomic E-state index is -0.752. The van der Waals surface area contributed by atoms with Gasteiger partial charge in [-0.05, 0) is 43.2 Å². The fourth-order valence-electron chi connectivity index (χ4n) is 3.59. The lowest BCUT2D eigenvalue weighted by Crippen LogP contribution is -2.43. The highest BCUT2D eigenvalue weighted by molar-refractivity contribution is 5.78. The summed E-state index contributed by atoms with van der Waals surface area (Å²) < 4.78 is 0. The van der Waals surface area contributed by atoms with Crippen LogP contribution >= 0.6 is 0 Å².